The highest BCUT2D eigenvalue weighted by atomic mass is 31.2. The standard InChI is InChI=1S/C86H168O17P2/c1-6-9-12-15-18-21-23-25-27-29-31-33-34-36-38-40-42-47-51-56-61-66-71-85(90)103-82(76-97-84(89)70-65-60-55-50-46-41-39-37-35-32-30-28-26-24-22-19-16-13-10-7-2)78-101-105(94,95)99-74-80(87)73-98-104(92,93)100-77-81(75-96-83(88)69-64-59-54-20-17-14-11-8-3)102-86(91)72-67-62-57-52-48-44-43-45-49-53-58-63-68-79(4)5/h79-82,87H,6-78H2,1-5H3,(H,92,93)(H,94,95)/t80-,81+,82+/m0/s1. The van der Waals surface area contributed by atoms with Crippen LogP contribution in [0.3, 0.4) is 0 Å². The molecule has 5 atom stereocenters. The summed E-state index contributed by atoms with van der Waals surface area (Å²) in [7, 11) is -9.92. The predicted octanol–water partition coefficient (Wildman–Crippen LogP) is 26.4. The van der Waals surface area contributed by atoms with Gasteiger partial charge in [-0.3, -0.25) is 37.3 Å². The van der Waals surface area contributed by atoms with E-state index in [1.54, 1.807) is 0 Å². The minimum absolute atomic E-state index is 0.107. The number of esters is 4. The van der Waals surface area contributed by atoms with Crippen molar-refractivity contribution >= 4 is 39.5 Å². The van der Waals surface area contributed by atoms with Gasteiger partial charge < -0.3 is 33.8 Å². The van der Waals surface area contributed by atoms with Crippen LogP contribution in [-0.2, 0) is 65.4 Å². The van der Waals surface area contributed by atoms with Gasteiger partial charge >= 0.3 is 39.5 Å². The molecule has 0 saturated heterocycles. The Morgan fingerprint density at radius 2 is 0.438 bits per heavy atom. The van der Waals surface area contributed by atoms with E-state index in [0.29, 0.717) is 25.7 Å². The second-order valence-electron chi connectivity index (χ2n) is 31.4. The molecule has 0 fully saturated rings. The Morgan fingerprint density at radius 1 is 0.257 bits per heavy atom. The predicted molar refractivity (Wildman–Crippen MR) is 432 cm³/mol. The zero-order valence-corrected chi connectivity index (χ0v) is 70.7. The van der Waals surface area contributed by atoms with Crippen LogP contribution < -0.4 is 0 Å². The summed E-state index contributed by atoms with van der Waals surface area (Å²) in [6.07, 6.45) is 72.5. The van der Waals surface area contributed by atoms with E-state index in [9.17, 15) is 43.2 Å². The zero-order valence-electron chi connectivity index (χ0n) is 68.9. The smallest absolute Gasteiger partial charge is 0.462 e. The first-order valence-electron chi connectivity index (χ1n) is 44.6. The summed E-state index contributed by atoms with van der Waals surface area (Å²) < 4.78 is 68.8. The van der Waals surface area contributed by atoms with E-state index >= 15 is 0 Å². The van der Waals surface area contributed by atoms with E-state index in [1.807, 2.05) is 0 Å². The van der Waals surface area contributed by atoms with Crippen LogP contribution in [0.25, 0.3) is 0 Å². The van der Waals surface area contributed by atoms with Crippen molar-refractivity contribution < 1.29 is 80.2 Å². The van der Waals surface area contributed by atoms with Gasteiger partial charge in [0, 0.05) is 25.7 Å². The summed E-state index contributed by atoms with van der Waals surface area (Å²) in [5, 5.41) is 10.7. The molecule has 0 radical (unpaired) electrons. The lowest BCUT2D eigenvalue weighted by molar-refractivity contribution is -0.161. The van der Waals surface area contributed by atoms with E-state index in [4.69, 9.17) is 37.0 Å². The normalized spacial score (nSPS) is 13.8. The molecule has 624 valence electrons. The van der Waals surface area contributed by atoms with Crippen molar-refractivity contribution in [2.24, 2.45) is 5.92 Å². The Hall–Kier alpha value is -1.94. The maximum Gasteiger partial charge on any atom is 0.472 e. The average molecular weight is 1540 g/mol. The first-order chi connectivity index (χ1) is 51.0. The number of phosphoric ester groups is 2. The van der Waals surface area contributed by atoms with Crippen LogP contribution >= 0.6 is 15.6 Å². The molecule has 0 aliphatic carbocycles. The summed E-state index contributed by atoms with van der Waals surface area (Å²) in [6, 6.07) is 0. The highest BCUT2D eigenvalue weighted by molar-refractivity contribution is 7.47. The SMILES string of the molecule is CCCCCCCCCCCCCCCCCCCCCCCCC(=O)O[C@H](COC(=O)CCCCCCCCCCCCCCCCCCCCCC)COP(=O)(O)OC[C@@H](O)COP(=O)(O)OC[C@@H](COC(=O)CCCCCCCCCC)OC(=O)CCCCCCCCCCCCCCC(C)C. The number of rotatable bonds is 86. The van der Waals surface area contributed by atoms with Crippen molar-refractivity contribution in [3.8, 4) is 0 Å². The molecule has 0 aliphatic heterocycles. The van der Waals surface area contributed by atoms with Gasteiger partial charge in [0.25, 0.3) is 0 Å². The van der Waals surface area contributed by atoms with Crippen LogP contribution in [0.4, 0.5) is 0 Å². The lowest BCUT2D eigenvalue weighted by Crippen LogP contribution is -2.30. The van der Waals surface area contributed by atoms with E-state index in [2.05, 4.69) is 34.6 Å². The number of phosphoric acid groups is 2. The van der Waals surface area contributed by atoms with Crippen molar-refractivity contribution in [3.05, 3.63) is 0 Å². The van der Waals surface area contributed by atoms with Gasteiger partial charge in [-0.25, -0.2) is 9.13 Å². The minimum Gasteiger partial charge on any atom is -0.462 e. The maximum absolute atomic E-state index is 13.1. The summed E-state index contributed by atoms with van der Waals surface area (Å²) in [5.74, 6) is -1.33. The third-order valence-corrected chi connectivity index (χ3v) is 22.2. The molecule has 17 nitrogen and oxygen atoms in total. The Labute approximate surface area is 645 Å². The number of carbonyl (C=O) groups excluding carboxylic acids is 4. The lowest BCUT2D eigenvalue weighted by Gasteiger charge is -2.21. The van der Waals surface area contributed by atoms with Crippen molar-refractivity contribution in [1.29, 1.82) is 0 Å². The summed E-state index contributed by atoms with van der Waals surface area (Å²) in [6.45, 7) is 7.34. The maximum atomic E-state index is 13.1. The van der Waals surface area contributed by atoms with Crippen LogP contribution in [0, 0.1) is 5.92 Å². The molecule has 0 rings (SSSR count). The molecule has 0 heterocycles. The van der Waals surface area contributed by atoms with E-state index in [1.165, 1.54) is 283 Å². The van der Waals surface area contributed by atoms with Crippen molar-refractivity contribution in [2.45, 2.75) is 483 Å². The van der Waals surface area contributed by atoms with E-state index < -0.39 is 97.5 Å². The van der Waals surface area contributed by atoms with E-state index in [-0.39, 0.29) is 25.7 Å². The zero-order chi connectivity index (χ0) is 76.9. The monoisotopic (exact) mass is 1540 g/mol. The molecule has 2 unspecified atom stereocenters. The third kappa shape index (κ3) is 79.9. The topological polar surface area (TPSA) is 237 Å². The Morgan fingerprint density at radius 3 is 0.648 bits per heavy atom. The largest absolute Gasteiger partial charge is 0.472 e. The Kier molecular flexibility index (Phi) is 77.3. The molecule has 0 spiro atoms. The van der Waals surface area contributed by atoms with Crippen LogP contribution in [0.5, 0.6) is 0 Å². The molecule has 19 heteroatoms. The van der Waals surface area contributed by atoms with Gasteiger partial charge in [0.15, 0.2) is 12.2 Å². The molecule has 0 saturated carbocycles. The van der Waals surface area contributed by atoms with Gasteiger partial charge in [0.05, 0.1) is 26.4 Å². The van der Waals surface area contributed by atoms with Gasteiger partial charge in [0.2, 0.25) is 0 Å². The number of hydrogen-bond acceptors (Lipinski definition) is 15. The van der Waals surface area contributed by atoms with Crippen molar-refractivity contribution in [3.63, 3.8) is 0 Å². The second kappa shape index (κ2) is 78.7. The minimum atomic E-state index is -4.96. The second-order valence-corrected chi connectivity index (χ2v) is 34.3. The molecule has 0 amide bonds. The van der Waals surface area contributed by atoms with Gasteiger partial charge in [-0.15, -0.1) is 0 Å². The Balaban J connectivity index is 5.17. The summed E-state index contributed by atoms with van der Waals surface area (Å²) in [5.41, 5.74) is 0. The number of aliphatic hydroxyl groups is 1. The van der Waals surface area contributed by atoms with Crippen LogP contribution in [-0.4, -0.2) is 96.7 Å². The molecule has 105 heavy (non-hydrogen) atoms. The molecule has 0 bridgehead atoms. The first kappa shape index (κ1) is 103. The summed E-state index contributed by atoms with van der Waals surface area (Å²) in [4.78, 5) is 73.1. The van der Waals surface area contributed by atoms with Gasteiger partial charge in [0.1, 0.15) is 19.3 Å². The molecular weight excluding hydrogens is 1370 g/mol. The fourth-order valence-electron chi connectivity index (χ4n) is 13.5. The Bertz CT molecular complexity index is 2000. The number of hydrogen-bond donors (Lipinski definition) is 3. The highest BCUT2D eigenvalue weighted by Gasteiger charge is 2.30. The number of aliphatic hydroxyl groups excluding tert-OH is 1. The molecule has 3 N–H and O–H groups in total. The fourth-order valence-corrected chi connectivity index (χ4v) is 15.1. The molecule has 0 aromatic heterocycles. The van der Waals surface area contributed by atoms with Crippen LogP contribution in [0.1, 0.15) is 465 Å². The fraction of sp³-hybridized carbons (Fsp3) is 0.953. The first-order valence-corrected chi connectivity index (χ1v) is 47.6. The van der Waals surface area contributed by atoms with Gasteiger partial charge in [-0.1, -0.05) is 413 Å². The van der Waals surface area contributed by atoms with E-state index in [0.717, 1.165) is 102 Å². The molecule has 0 aromatic rings. The third-order valence-electron chi connectivity index (χ3n) is 20.3. The van der Waals surface area contributed by atoms with Gasteiger partial charge in [-0.2, -0.15) is 0 Å². The number of ether oxygens (including phenoxy) is 4. The molecular formula is C86H168O17P2. The number of carbonyl (C=O) groups is 4. The van der Waals surface area contributed by atoms with Crippen molar-refractivity contribution in [2.75, 3.05) is 39.6 Å². The van der Waals surface area contributed by atoms with Gasteiger partial charge in [-0.05, 0) is 31.6 Å². The number of unbranched alkanes of at least 4 members (excludes halogenated alkanes) is 58. The average Bonchev–Trinajstić information content (AvgIpc) is 0.915. The van der Waals surface area contributed by atoms with Crippen LogP contribution in [0.15, 0.2) is 0 Å². The molecule has 0 aliphatic rings. The molecule has 0 aromatic carbocycles. The lowest BCUT2D eigenvalue weighted by atomic mass is 10.0. The highest BCUT2D eigenvalue weighted by Crippen LogP contribution is 2.45. The van der Waals surface area contributed by atoms with Crippen LogP contribution in [0.2, 0.25) is 0 Å². The summed E-state index contributed by atoms with van der Waals surface area (Å²) >= 11 is 0. The van der Waals surface area contributed by atoms with Crippen molar-refractivity contribution in [1.82, 2.24) is 0 Å². The quantitative estimate of drug-likeness (QED) is 0.0222.